The summed E-state index contributed by atoms with van der Waals surface area (Å²) in [7, 11) is 0. The fourth-order valence-corrected chi connectivity index (χ4v) is 1.71. The summed E-state index contributed by atoms with van der Waals surface area (Å²) in [6, 6.07) is 5.92. The van der Waals surface area contributed by atoms with Crippen molar-refractivity contribution in [3.63, 3.8) is 0 Å². The highest BCUT2D eigenvalue weighted by Gasteiger charge is 2.09. The molecule has 2 N–H and O–H groups in total. The van der Waals surface area contributed by atoms with E-state index in [0.717, 1.165) is 6.20 Å². The van der Waals surface area contributed by atoms with E-state index < -0.39 is 11.7 Å². The van der Waals surface area contributed by atoms with Gasteiger partial charge in [0.05, 0.1) is 12.4 Å². The number of rotatable bonds is 4. The molecule has 0 saturated carbocycles. The zero-order chi connectivity index (χ0) is 13.8. The molecule has 0 fully saturated rings. The topological polar surface area (TPSA) is 65.2 Å². The van der Waals surface area contributed by atoms with Gasteiger partial charge in [-0.3, -0.25) is 9.78 Å². The van der Waals surface area contributed by atoms with Gasteiger partial charge in [-0.25, -0.2) is 4.39 Å². The smallest absolute Gasteiger partial charge is 0.249 e. The molecule has 2 aromatic rings. The number of hydrogen-bond acceptors (Lipinski definition) is 3. The van der Waals surface area contributed by atoms with Gasteiger partial charge < -0.3 is 10.5 Å². The summed E-state index contributed by atoms with van der Waals surface area (Å²) in [5, 5.41) is 0.407. The van der Waals surface area contributed by atoms with Crippen LogP contribution in [0.15, 0.2) is 36.7 Å². The van der Waals surface area contributed by atoms with Crippen molar-refractivity contribution >= 4 is 17.5 Å². The van der Waals surface area contributed by atoms with Crippen molar-refractivity contribution in [2.75, 3.05) is 0 Å². The van der Waals surface area contributed by atoms with Gasteiger partial charge in [0.2, 0.25) is 5.91 Å². The third-order valence-corrected chi connectivity index (χ3v) is 2.65. The molecule has 19 heavy (non-hydrogen) atoms. The molecule has 0 aliphatic rings. The van der Waals surface area contributed by atoms with E-state index in [-0.39, 0.29) is 17.9 Å². The number of pyridine rings is 1. The lowest BCUT2D eigenvalue weighted by molar-refractivity contribution is 0.0998. The summed E-state index contributed by atoms with van der Waals surface area (Å²) < 4.78 is 18.3. The second-order valence-corrected chi connectivity index (χ2v) is 4.23. The molecule has 0 atom stereocenters. The van der Waals surface area contributed by atoms with Crippen molar-refractivity contribution in [2.45, 2.75) is 6.61 Å². The maximum Gasteiger partial charge on any atom is 0.249 e. The van der Waals surface area contributed by atoms with Gasteiger partial charge in [0.15, 0.2) is 0 Å². The van der Waals surface area contributed by atoms with Crippen molar-refractivity contribution in [1.29, 1.82) is 0 Å². The van der Waals surface area contributed by atoms with Crippen LogP contribution in [0.3, 0.4) is 0 Å². The fourth-order valence-electron chi connectivity index (χ4n) is 1.54. The number of nitrogens with two attached hydrogens (primary N) is 1. The molecule has 1 heterocycles. The van der Waals surface area contributed by atoms with E-state index in [0.29, 0.717) is 10.6 Å². The van der Waals surface area contributed by atoms with Gasteiger partial charge in [0.25, 0.3) is 0 Å². The van der Waals surface area contributed by atoms with E-state index in [1.54, 1.807) is 12.1 Å². The Labute approximate surface area is 114 Å². The molecular formula is C13H10ClFN2O2. The summed E-state index contributed by atoms with van der Waals surface area (Å²) in [5.74, 6) is -0.826. The lowest BCUT2D eigenvalue weighted by atomic mass is 10.1. The summed E-state index contributed by atoms with van der Waals surface area (Å²) in [6.45, 7) is 0.0700. The number of primary amides is 1. The molecule has 0 spiro atoms. The zero-order valence-corrected chi connectivity index (χ0v) is 10.5. The minimum absolute atomic E-state index is 0.0700. The van der Waals surface area contributed by atoms with Crippen molar-refractivity contribution < 1.29 is 13.9 Å². The van der Waals surface area contributed by atoms with Crippen LogP contribution < -0.4 is 10.5 Å². The summed E-state index contributed by atoms with van der Waals surface area (Å²) in [4.78, 5) is 14.9. The van der Waals surface area contributed by atoms with Crippen LogP contribution in [0.2, 0.25) is 5.02 Å². The largest absolute Gasteiger partial charge is 0.487 e. The predicted octanol–water partition coefficient (Wildman–Crippen LogP) is 2.55. The third-order valence-electron chi connectivity index (χ3n) is 2.41. The summed E-state index contributed by atoms with van der Waals surface area (Å²) >= 11 is 5.79. The molecule has 2 rings (SSSR count). The maximum atomic E-state index is 12.9. The van der Waals surface area contributed by atoms with E-state index >= 15 is 0 Å². The molecule has 0 aliphatic carbocycles. The van der Waals surface area contributed by atoms with Crippen molar-refractivity contribution in [3.8, 4) is 5.75 Å². The fraction of sp³-hybridized carbons (Fsp3) is 0.0769. The first-order valence-corrected chi connectivity index (χ1v) is 5.75. The Kier molecular flexibility index (Phi) is 3.97. The number of benzene rings is 1. The zero-order valence-electron chi connectivity index (χ0n) is 9.77. The molecular weight excluding hydrogens is 271 g/mol. The van der Waals surface area contributed by atoms with E-state index in [1.165, 1.54) is 18.3 Å². The van der Waals surface area contributed by atoms with Gasteiger partial charge in [-0.15, -0.1) is 0 Å². The Morgan fingerprint density at radius 3 is 2.84 bits per heavy atom. The van der Waals surface area contributed by atoms with Crippen LogP contribution in [0.25, 0.3) is 0 Å². The average Bonchev–Trinajstić information content (AvgIpc) is 2.37. The lowest BCUT2D eigenvalue weighted by Crippen LogP contribution is -2.14. The molecule has 0 saturated heterocycles. The average molecular weight is 281 g/mol. The molecule has 0 unspecified atom stereocenters. The second-order valence-electron chi connectivity index (χ2n) is 3.79. The SMILES string of the molecule is NC(=O)c1cc(Cl)ccc1COc1cncc(F)c1. The quantitative estimate of drug-likeness (QED) is 0.936. The number of hydrogen-bond donors (Lipinski definition) is 1. The Bertz CT molecular complexity index is 619. The standard InChI is InChI=1S/C13H10ClFN2O2/c14-9-2-1-8(12(3-9)13(16)18)7-19-11-4-10(15)5-17-6-11/h1-6H,7H2,(H2,16,18). The van der Waals surface area contributed by atoms with Gasteiger partial charge in [-0.2, -0.15) is 0 Å². The number of carbonyl (C=O) groups excluding carboxylic acids is 1. The van der Waals surface area contributed by atoms with Crippen molar-refractivity contribution in [1.82, 2.24) is 4.98 Å². The molecule has 1 aromatic heterocycles. The normalized spacial score (nSPS) is 10.2. The van der Waals surface area contributed by atoms with Crippen molar-refractivity contribution in [3.05, 3.63) is 58.6 Å². The van der Waals surface area contributed by atoms with E-state index in [2.05, 4.69) is 4.98 Å². The number of nitrogens with zero attached hydrogens (tertiary/aromatic N) is 1. The van der Waals surface area contributed by atoms with Crippen LogP contribution >= 0.6 is 11.6 Å². The van der Waals surface area contributed by atoms with Gasteiger partial charge in [0, 0.05) is 22.2 Å². The molecule has 0 aliphatic heterocycles. The molecule has 98 valence electrons. The summed E-state index contributed by atoms with van der Waals surface area (Å²) in [6.07, 6.45) is 2.45. The Morgan fingerprint density at radius 1 is 1.37 bits per heavy atom. The van der Waals surface area contributed by atoms with E-state index in [4.69, 9.17) is 22.1 Å². The minimum Gasteiger partial charge on any atom is -0.487 e. The van der Waals surface area contributed by atoms with Crippen LogP contribution in [-0.4, -0.2) is 10.9 Å². The number of halogens is 2. The van der Waals surface area contributed by atoms with E-state index in [1.807, 2.05) is 0 Å². The van der Waals surface area contributed by atoms with Gasteiger partial charge >= 0.3 is 0 Å². The summed E-state index contributed by atoms with van der Waals surface area (Å²) in [5.41, 5.74) is 6.10. The highest BCUT2D eigenvalue weighted by molar-refractivity contribution is 6.31. The molecule has 1 aromatic carbocycles. The Morgan fingerprint density at radius 2 is 2.16 bits per heavy atom. The highest BCUT2D eigenvalue weighted by atomic mass is 35.5. The highest BCUT2D eigenvalue weighted by Crippen LogP contribution is 2.18. The van der Waals surface area contributed by atoms with Crippen LogP contribution in [0.1, 0.15) is 15.9 Å². The molecule has 0 radical (unpaired) electrons. The number of amides is 1. The third kappa shape index (κ3) is 3.42. The molecule has 4 nitrogen and oxygen atoms in total. The lowest BCUT2D eigenvalue weighted by Gasteiger charge is -2.09. The molecule has 0 bridgehead atoms. The monoisotopic (exact) mass is 280 g/mol. The Balaban J connectivity index is 2.17. The number of ether oxygens (including phenoxy) is 1. The first-order chi connectivity index (χ1) is 9.06. The molecule has 1 amide bonds. The van der Waals surface area contributed by atoms with Gasteiger partial charge in [0.1, 0.15) is 18.2 Å². The maximum absolute atomic E-state index is 12.9. The van der Waals surface area contributed by atoms with Crippen LogP contribution in [-0.2, 0) is 6.61 Å². The van der Waals surface area contributed by atoms with E-state index in [9.17, 15) is 9.18 Å². The first-order valence-electron chi connectivity index (χ1n) is 5.38. The van der Waals surface area contributed by atoms with Crippen LogP contribution in [0.5, 0.6) is 5.75 Å². The predicted molar refractivity (Wildman–Crippen MR) is 68.5 cm³/mol. The van der Waals surface area contributed by atoms with Gasteiger partial charge in [-0.05, 0) is 12.1 Å². The second kappa shape index (κ2) is 5.67. The van der Waals surface area contributed by atoms with Crippen LogP contribution in [0, 0.1) is 5.82 Å². The van der Waals surface area contributed by atoms with Gasteiger partial charge in [-0.1, -0.05) is 17.7 Å². The first kappa shape index (κ1) is 13.3. The number of aromatic nitrogens is 1. The van der Waals surface area contributed by atoms with Crippen molar-refractivity contribution in [2.24, 2.45) is 5.73 Å². The Hall–Kier alpha value is -2.14. The number of carbonyl (C=O) groups is 1. The molecule has 6 heteroatoms. The minimum atomic E-state index is -0.599. The van der Waals surface area contributed by atoms with Crippen LogP contribution in [0.4, 0.5) is 4.39 Å².